The molecule has 3 amide bonds. The number of rotatable bonds is 5. The highest BCUT2D eigenvalue weighted by atomic mass is 16.5. The van der Waals surface area contributed by atoms with Crippen LogP contribution in [0.5, 0.6) is 0 Å². The Labute approximate surface area is 156 Å². The van der Waals surface area contributed by atoms with Crippen LogP contribution in [-0.4, -0.2) is 59.6 Å². The lowest BCUT2D eigenvalue weighted by Crippen LogP contribution is -2.52. The summed E-state index contributed by atoms with van der Waals surface area (Å²) in [6, 6.07) is 4.19. The number of carbonyl (C=O) groups is 3. The van der Waals surface area contributed by atoms with Crippen molar-refractivity contribution in [2.45, 2.75) is 31.5 Å². The molecule has 2 atom stereocenters. The number of benzene rings is 1. The van der Waals surface area contributed by atoms with E-state index >= 15 is 0 Å². The average Bonchev–Trinajstić information content (AvgIpc) is 2.99. The topological polar surface area (TPSA) is 122 Å². The maximum Gasteiger partial charge on any atom is 0.255 e. The van der Waals surface area contributed by atoms with Crippen LogP contribution in [0.3, 0.4) is 0 Å². The molecule has 2 aliphatic heterocycles. The highest BCUT2D eigenvalue weighted by Gasteiger charge is 2.39. The number of nitrogens with two attached hydrogens (primary N) is 1. The molecule has 1 aromatic rings. The number of aliphatic hydroxyl groups excluding tert-OH is 1. The van der Waals surface area contributed by atoms with Gasteiger partial charge in [-0.2, -0.15) is 0 Å². The van der Waals surface area contributed by atoms with Gasteiger partial charge in [-0.05, 0) is 24.1 Å². The Kier molecular flexibility index (Phi) is 5.86. The van der Waals surface area contributed by atoms with Crippen LogP contribution in [0.2, 0.25) is 0 Å². The summed E-state index contributed by atoms with van der Waals surface area (Å²) in [6.45, 7) is 0.488. The third-order valence-corrected chi connectivity index (χ3v) is 4.55. The molecule has 2 aliphatic rings. The van der Waals surface area contributed by atoms with E-state index < -0.39 is 18.0 Å². The Morgan fingerprint density at radius 1 is 1.37 bits per heavy atom. The van der Waals surface area contributed by atoms with Gasteiger partial charge in [0.15, 0.2) is 0 Å². The smallest absolute Gasteiger partial charge is 0.255 e. The molecule has 0 saturated carbocycles. The van der Waals surface area contributed by atoms with Crippen molar-refractivity contribution in [2.24, 2.45) is 5.73 Å². The van der Waals surface area contributed by atoms with E-state index in [1.165, 1.54) is 4.90 Å². The van der Waals surface area contributed by atoms with Gasteiger partial charge in [-0.25, -0.2) is 0 Å². The van der Waals surface area contributed by atoms with Gasteiger partial charge < -0.3 is 20.5 Å². The fraction of sp³-hybridized carbons (Fsp3) is 0.421. The van der Waals surface area contributed by atoms with Gasteiger partial charge in [-0.3, -0.25) is 19.7 Å². The van der Waals surface area contributed by atoms with Crippen molar-refractivity contribution in [3.8, 4) is 11.8 Å². The van der Waals surface area contributed by atoms with Crippen molar-refractivity contribution >= 4 is 17.7 Å². The zero-order chi connectivity index (χ0) is 19.4. The third kappa shape index (κ3) is 4.17. The molecule has 27 heavy (non-hydrogen) atoms. The van der Waals surface area contributed by atoms with Crippen LogP contribution in [0, 0.1) is 11.8 Å². The van der Waals surface area contributed by atoms with Crippen molar-refractivity contribution < 1.29 is 24.2 Å². The first kappa shape index (κ1) is 19.0. The van der Waals surface area contributed by atoms with Gasteiger partial charge in [0.1, 0.15) is 12.6 Å². The molecule has 2 heterocycles. The van der Waals surface area contributed by atoms with Crippen molar-refractivity contribution in [2.75, 3.05) is 19.8 Å². The van der Waals surface area contributed by atoms with Gasteiger partial charge in [0.05, 0.1) is 19.3 Å². The predicted octanol–water partition coefficient (Wildman–Crippen LogP) is -0.865. The summed E-state index contributed by atoms with van der Waals surface area (Å²) in [7, 11) is 0. The normalized spacial score (nSPS) is 20.0. The Morgan fingerprint density at radius 2 is 2.19 bits per heavy atom. The molecule has 0 aliphatic carbocycles. The van der Waals surface area contributed by atoms with E-state index in [9.17, 15) is 14.4 Å². The number of hydrogen-bond acceptors (Lipinski definition) is 6. The number of ether oxygens (including phenoxy) is 1. The summed E-state index contributed by atoms with van der Waals surface area (Å²) < 4.78 is 5.27. The van der Waals surface area contributed by atoms with E-state index in [4.69, 9.17) is 15.6 Å². The number of piperidine rings is 1. The fourth-order valence-electron chi connectivity index (χ4n) is 3.15. The Hall–Kier alpha value is -2.73. The number of fused-ring (bicyclic) bond motifs is 1. The summed E-state index contributed by atoms with van der Waals surface area (Å²) in [4.78, 5) is 37.6. The number of aliphatic hydroxyl groups is 1. The minimum atomic E-state index is -0.647. The summed E-state index contributed by atoms with van der Waals surface area (Å²) in [5, 5.41) is 11.1. The van der Waals surface area contributed by atoms with Crippen LogP contribution >= 0.6 is 0 Å². The molecule has 142 valence electrons. The molecule has 1 unspecified atom stereocenters. The summed E-state index contributed by atoms with van der Waals surface area (Å²) in [6.07, 6.45) is 0.543. The van der Waals surface area contributed by atoms with Crippen molar-refractivity contribution in [1.29, 1.82) is 0 Å². The standard InChI is InChI=1S/C19H21N3O5/c20-13(10-23)11-27-8-2-4-12-3-1-5-14-15(12)9-22(19(14)26)16-6-7-17(24)21-18(16)25/h1,3,5,13,16,23H,6-11,20H2,(H,21,24,25)/t13-,16?/m0/s1. The van der Waals surface area contributed by atoms with Crippen molar-refractivity contribution in [1.82, 2.24) is 10.2 Å². The number of nitrogens with zero attached hydrogens (tertiary/aromatic N) is 1. The molecular weight excluding hydrogens is 350 g/mol. The highest BCUT2D eigenvalue weighted by molar-refractivity contribution is 6.05. The minimum Gasteiger partial charge on any atom is -0.395 e. The minimum absolute atomic E-state index is 0.155. The molecule has 1 aromatic carbocycles. The Bertz CT molecular complexity index is 826. The van der Waals surface area contributed by atoms with Crippen LogP contribution in [0.25, 0.3) is 0 Å². The van der Waals surface area contributed by atoms with E-state index in [1.54, 1.807) is 12.1 Å². The zero-order valence-corrected chi connectivity index (χ0v) is 14.7. The summed E-state index contributed by atoms with van der Waals surface area (Å²) in [5.74, 6) is 4.88. The van der Waals surface area contributed by atoms with Crippen molar-refractivity contribution in [3.63, 3.8) is 0 Å². The van der Waals surface area contributed by atoms with E-state index in [0.717, 1.165) is 5.56 Å². The zero-order valence-electron chi connectivity index (χ0n) is 14.7. The maximum absolute atomic E-state index is 12.7. The molecule has 0 bridgehead atoms. The molecule has 0 spiro atoms. The lowest BCUT2D eigenvalue weighted by atomic mass is 10.0. The molecule has 3 rings (SSSR count). The van der Waals surface area contributed by atoms with Crippen LogP contribution < -0.4 is 11.1 Å². The second-order valence-corrected chi connectivity index (χ2v) is 6.49. The van der Waals surface area contributed by atoms with Gasteiger partial charge in [0.2, 0.25) is 11.8 Å². The molecule has 1 fully saturated rings. The van der Waals surface area contributed by atoms with E-state index in [-0.39, 0.29) is 44.6 Å². The van der Waals surface area contributed by atoms with Gasteiger partial charge >= 0.3 is 0 Å². The first-order chi connectivity index (χ1) is 13.0. The Morgan fingerprint density at radius 3 is 2.93 bits per heavy atom. The summed E-state index contributed by atoms with van der Waals surface area (Å²) >= 11 is 0. The number of carbonyl (C=O) groups excluding carboxylic acids is 3. The highest BCUT2D eigenvalue weighted by Crippen LogP contribution is 2.29. The average molecular weight is 371 g/mol. The van der Waals surface area contributed by atoms with Crippen LogP contribution in [0.1, 0.15) is 34.3 Å². The molecule has 0 aromatic heterocycles. The number of amides is 3. The monoisotopic (exact) mass is 371 g/mol. The van der Waals surface area contributed by atoms with Gasteiger partial charge in [-0.1, -0.05) is 17.9 Å². The molecule has 1 saturated heterocycles. The molecule has 0 radical (unpaired) electrons. The number of imide groups is 1. The fourth-order valence-corrected chi connectivity index (χ4v) is 3.15. The largest absolute Gasteiger partial charge is 0.395 e. The van der Waals surface area contributed by atoms with Gasteiger partial charge in [0.25, 0.3) is 5.91 Å². The number of hydrogen-bond donors (Lipinski definition) is 3. The summed E-state index contributed by atoms with van der Waals surface area (Å²) in [5.41, 5.74) is 7.53. The quantitative estimate of drug-likeness (QED) is 0.352. The Balaban J connectivity index is 1.71. The first-order valence-corrected chi connectivity index (χ1v) is 8.71. The van der Waals surface area contributed by atoms with E-state index in [1.807, 2.05) is 6.07 Å². The SMILES string of the molecule is N[C@@H](CO)COCC#Cc1cccc2c1CN(C1CCC(=O)NC1=O)C2=O. The van der Waals surface area contributed by atoms with Crippen LogP contribution in [0.4, 0.5) is 0 Å². The molecule has 8 heteroatoms. The predicted molar refractivity (Wildman–Crippen MR) is 95.2 cm³/mol. The van der Waals surface area contributed by atoms with E-state index in [2.05, 4.69) is 17.2 Å². The third-order valence-electron chi connectivity index (χ3n) is 4.55. The lowest BCUT2D eigenvalue weighted by molar-refractivity contribution is -0.136. The molecule has 4 N–H and O–H groups in total. The van der Waals surface area contributed by atoms with Crippen LogP contribution in [-0.2, 0) is 20.9 Å². The maximum atomic E-state index is 12.7. The van der Waals surface area contributed by atoms with Gasteiger partial charge in [0, 0.05) is 24.1 Å². The molecular formula is C19H21N3O5. The second-order valence-electron chi connectivity index (χ2n) is 6.49. The number of nitrogens with one attached hydrogen (secondary N) is 1. The van der Waals surface area contributed by atoms with E-state index in [0.29, 0.717) is 17.5 Å². The van der Waals surface area contributed by atoms with Crippen molar-refractivity contribution in [3.05, 3.63) is 34.9 Å². The molecule has 8 nitrogen and oxygen atoms in total. The van der Waals surface area contributed by atoms with Gasteiger partial charge in [-0.15, -0.1) is 0 Å². The van der Waals surface area contributed by atoms with Crippen LogP contribution in [0.15, 0.2) is 18.2 Å². The lowest BCUT2D eigenvalue weighted by Gasteiger charge is -2.29. The first-order valence-electron chi connectivity index (χ1n) is 8.71. The second kappa shape index (κ2) is 8.31.